The minimum absolute atomic E-state index is 0.0973. The molecule has 0 unspecified atom stereocenters. The molecule has 2 saturated carbocycles. The minimum Gasteiger partial charge on any atom is -0.324 e. The Kier molecular flexibility index (Phi) is 7.13. The Bertz CT molecular complexity index is 399. The van der Waals surface area contributed by atoms with E-state index in [9.17, 15) is 9.13 Å². The maximum atomic E-state index is 13.0. The van der Waals surface area contributed by atoms with Gasteiger partial charge in [0.2, 0.25) is 0 Å². The van der Waals surface area contributed by atoms with Crippen molar-refractivity contribution in [3.63, 3.8) is 0 Å². The van der Waals surface area contributed by atoms with E-state index in [1.54, 1.807) is 0 Å². The molecule has 0 radical (unpaired) electrons. The molecular weight excluding hydrogens is 326 g/mol. The van der Waals surface area contributed by atoms with Crippen molar-refractivity contribution >= 4 is 15.2 Å². The van der Waals surface area contributed by atoms with Crippen LogP contribution in [0.5, 0.6) is 0 Å². The average molecular weight is 354 g/mol. The fourth-order valence-electron chi connectivity index (χ4n) is 3.18. The summed E-state index contributed by atoms with van der Waals surface area (Å²) in [5, 5.41) is 0. The van der Waals surface area contributed by atoms with E-state index in [0.717, 1.165) is 64.2 Å². The smallest absolute Gasteiger partial charge is 0.324 e. The van der Waals surface area contributed by atoms with E-state index in [2.05, 4.69) is 0 Å². The standard InChI is InChI=1S/C14H28O6P2/c15-21(16,17)11-12-22(18,19-13-7-3-1-4-8-13)20-14-9-5-2-6-10-14/h13-14H,1-12H2,(H2,15,16,17). The molecule has 2 fully saturated rings. The van der Waals surface area contributed by atoms with Gasteiger partial charge < -0.3 is 18.8 Å². The van der Waals surface area contributed by atoms with Crippen LogP contribution in [0.2, 0.25) is 0 Å². The fraction of sp³-hybridized carbons (Fsp3) is 1.00. The summed E-state index contributed by atoms with van der Waals surface area (Å²) < 4.78 is 35.7. The van der Waals surface area contributed by atoms with Gasteiger partial charge in [-0.15, -0.1) is 0 Å². The van der Waals surface area contributed by atoms with Crippen LogP contribution in [0.25, 0.3) is 0 Å². The van der Waals surface area contributed by atoms with Crippen molar-refractivity contribution in [2.45, 2.75) is 76.4 Å². The predicted molar refractivity (Wildman–Crippen MR) is 85.3 cm³/mol. The van der Waals surface area contributed by atoms with E-state index >= 15 is 0 Å². The third kappa shape index (κ3) is 6.82. The molecule has 0 bridgehead atoms. The van der Waals surface area contributed by atoms with Crippen LogP contribution in [0.1, 0.15) is 64.2 Å². The first-order chi connectivity index (χ1) is 10.4. The fourth-order valence-corrected chi connectivity index (χ4v) is 6.79. The molecule has 6 nitrogen and oxygen atoms in total. The van der Waals surface area contributed by atoms with Crippen LogP contribution in [0, 0.1) is 0 Å². The molecule has 2 aliphatic carbocycles. The summed E-state index contributed by atoms with van der Waals surface area (Å²) in [6, 6.07) is 0. The molecule has 22 heavy (non-hydrogen) atoms. The van der Waals surface area contributed by atoms with Crippen LogP contribution in [0.3, 0.4) is 0 Å². The summed E-state index contributed by atoms with van der Waals surface area (Å²) in [6.45, 7) is 0. The summed E-state index contributed by atoms with van der Waals surface area (Å²) in [5.74, 6) is 0. The maximum absolute atomic E-state index is 13.0. The number of rotatable bonds is 7. The van der Waals surface area contributed by atoms with Crippen molar-refractivity contribution in [3.8, 4) is 0 Å². The van der Waals surface area contributed by atoms with E-state index in [1.807, 2.05) is 0 Å². The van der Waals surface area contributed by atoms with Crippen LogP contribution in [0.4, 0.5) is 0 Å². The van der Waals surface area contributed by atoms with E-state index in [0.29, 0.717) is 0 Å². The topological polar surface area (TPSA) is 93.1 Å². The molecule has 0 amide bonds. The molecule has 2 N–H and O–H groups in total. The molecule has 2 aliphatic rings. The van der Waals surface area contributed by atoms with E-state index in [-0.39, 0.29) is 18.4 Å². The quantitative estimate of drug-likeness (QED) is 0.670. The zero-order valence-electron chi connectivity index (χ0n) is 13.1. The first-order valence-electron chi connectivity index (χ1n) is 8.37. The number of hydrogen-bond donors (Lipinski definition) is 2. The van der Waals surface area contributed by atoms with Crippen molar-refractivity contribution in [3.05, 3.63) is 0 Å². The van der Waals surface area contributed by atoms with E-state index < -0.39 is 21.4 Å². The van der Waals surface area contributed by atoms with Gasteiger partial charge in [-0.25, -0.2) is 0 Å². The van der Waals surface area contributed by atoms with Crippen molar-refractivity contribution in [1.29, 1.82) is 0 Å². The zero-order valence-corrected chi connectivity index (χ0v) is 14.9. The summed E-state index contributed by atoms with van der Waals surface area (Å²) in [7, 11) is -7.65. The summed E-state index contributed by atoms with van der Waals surface area (Å²) in [6.07, 6.45) is 9.11. The van der Waals surface area contributed by atoms with Crippen LogP contribution < -0.4 is 0 Å². The summed E-state index contributed by atoms with van der Waals surface area (Å²) in [4.78, 5) is 18.1. The van der Waals surface area contributed by atoms with Crippen LogP contribution in [-0.2, 0) is 18.2 Å². The van der Waals surface area contributed by atoms with Gasteiger partial charge in [-0.1, -0.05) is 38.5 Å². The molecule has 0 aromatic rings. The SMILES string of the molecule is O=P(O)(O)CCP(=O)(OC1CCCCC1)OC1CCCCC1. The molecule has 0 heterocycles. The highest BCUT2D eigenvalue weighted by atomic mass is 31.2. The van der Waals surface area contributed by atoms with Gasteiger partial charge in [0.25, 0.3) is 0 Å². The Morgan fingerprint density at radius 3 is 1.50 bits per heavy atom. The Labute approximate surface area is 132 Å². The van der Waals surface area contributed by atoms with E-state index in [1.165, 1.54) is 0 Å². The van der Waals surface area contributed by atoms with Gasteiger partial charge in [-0.05, 0) is 25.7 Å². The Morgan fingerprint density at radius 1 is 0.727 bits per heavy atom. The lowest BCUT2D eigenvalue weighted by Gasteiger charge is -2.31. The molecule has 0 aromatic carbocycles. The van der Waals surface area contributed by atoms with Crippen molar-refractivity contribution in [1.82, 2.24) is 0 Å². The molecule has 0 aliphatic heterocycles. The third-order valence-electron chi connectivity index (χ3n) is 4.39. The Hall–Kier alpha value is 0.300. The summed E-state index contributed by atoms with van der Waals surface area (Å²) in [5.41, 5.74) is 0. The van der Waals surface area contributed by atoms with Gasteiger partial charge in [0.1, 0.15) is 0 Å². The van der Waals surface area contributed by atoms with Gasteiger partial charge in [-0.3, -0.25) is 9.13 Å². The van der Waals surface area contributed by atoms with Gasteiger partial charge >= 0.3 is 15.2 Å². The first-order valence-corrected chi connectivity index (χ1v) is 11.9. The van der Waals surface area contributed by atoms with Gasteiger partial charge in [0.05, 0.1) is 24.5 Å². The molecule has 8 heteroatoms. The van der Waals surface area contributed by atoms with Gasteiger partial charge in [0, 0.05) is 0 Å². The van der Waals surface area contributed by atoms with Crippen LogP contribution in [0.15, 0.2) is 0 Å². The zero-order chi connectivity index (χ0) is 16.1. The van der Waals surface area contributed by atoms with Crippen molar-refractivity contribution < 1.29 is 28.0 Å². The minimum atomic E-state index is -4.20. The average Bonchev–Trinajstić information content (AvgIpc) is 2.47. The second kappa shape index (κ2) is 8.41. The highest BCUT2D eigenvalue weighted by Gasteiger charge is 2.35. The summed E-state index contributed by atoms with van der Waals surface area (Å²) >= 11 is 0. The normalized spacial score (nSPS) is 22.8. The monoisotopic (exact) mass is 354 g/mol. The largest absolute Gasteiger partial charge is 0.331 e. The molecule has 2 rings (SSSR count). The molecule has 0 atom stereocenters. The van der Waals surface area contributed by atoms with Gasteiger partial charge in [0.15, 0.2) is 0 Å². The Balaban J connectivity index is 1.97. The van der Waals surface area contributed by atoms with E-state index in [4.69, 9.17) is 18.8 Å². The van der Waals surface area contributed by atoms with Crippen molar-refractivity contribution in [2.24, 2.45) is 0 Å². The lowest BCUT2D eigenvalue weighted by Crippen LogP contribution is -2.22. The maximum Gasteiger partial charge on any atom is 0.331 e. The molecule has 0 aromatic heterocycles. The third-order valence-corrected chi connectivity index (χ3v) is 7.56. The molecular formula is C14H28O6P2. The molecule has 130 valence electrons. The predicted octanol–water partition coefficient (Wildman–Crippen LogP) is 4.06. The first kappa shape index (κ1) is 18.6. The van der Waals surface area contributed by atoms with Crippen LogP contribution in [-0.4, -0.2) is 34.3 Å². The highest BCUT2D eigenvalue weighted by Crippen LogP contribution is 2.55. The Morgan fingerprint density at radius 2 is 1.14 bits per heavy atom. The lowest BCUT2D eigenvalue weighted by atomic mass is 9.98. The molecule has 0 spiro atoms. The molecule has 0 saturated heterocycles. The second-order valence-corrected chi connectivity index (χ2v) is 10.3. The highest BCUT2D eigenvalue weighted by molar-refractivity contribution is 7.57. The van der Waals surface area contributed by atoms with Crippen molar-refractivity contribution in [2.75, 3.05) is 12.3 Å². The second-order valence-electron chi connectivity index (χ2n) is 6.45. The lowest BCUT2D eigenvalue weighted by molar-refractivity contribution is 0.0795. The number of hydrogen-bond acceptors (Lipinski definition) is 4. The van der Waals surface area contributed by atoms with Gasteiger partial charge in [-0.2, -0.15) is 0 Å². The van der Waals surface area contributed by atoms with Crippen LogP contribution >= 0.6 is 15.2 Å².